The number of ether oxygens (including phenoxy) is 1. The maximum atomic E-state index is 8.67. The van der Waals surface area contributed by atoms with Crippen LogP contribution in [0.5, 0.6) is 0 Å². The van der Waals surface area contributed by atoms with Gasteiger partial charge in [0.25, 0.3) is 0 Å². The normalized spacial score (nSPS) is 50.2. The largest absolute Gasteiger partial charge is 0.367 e. The van der Waals surface area contributed by atoms with Crippen molar-refractivity contribution < 1.29 is 4.74 Å². The molecule has 7 aliphatic carbocycles. The smallest absolute Gasteiger partial charge is 0.0784 e. The van der Waals surface area contributed by atoms with E-state index in [2.05, 4.69) is 0 Å². The highest BCUT2D eigenvalue weighted by molar-refractivity contribution is 5.29. The van der Waals surface area contributed by atoms with Crippen LogP contribution in [-0.4, -0.2) is 11.2 Å². The highest BCUT2D eigenvalue weighted by atomic mass is 16.5. The van der Waals surface area contributed by atoms with Crippen LogP contribution < -0.4 is 0 Å². The van der Waals surface area contributed by atoms with E-state index in [9.17, 15) is 0 Å². The van der Waals surface area contributed by atoms with Crippen molar-refractivity contribution in [1.29, 1.82) is 0 Å². The zero-order chi connectivity index (χ0) is 28.4. The third-order valence-electron chi connectivity index (χ3n) is 17.3. The van der Waals surface area contributed by atoms with Crippen molar-refractivity contribution in [2.24, 2.45) is 71.0 Å². The quantitative estimate of drug-likeness (QED) is 0.317. The fourth-order valence-corrected chi connectivity index (χ4v) is 16.4. The fourth-order valence-electron chi connectivity index (χ4n) is 16.4. The van der Waals surface area contributed by atoms with Crippen LogP contribution in [0.25, 0.3) is 0 Å². The van der Waals surface area contributed by atoms with Crippen molar-refractivity contribution in [2.75, 3.05) is 0 Å². The van der Waals surface area contributed by atoms with E-state index in [1.807, 2.05) is 0 Å². The van der Waals surface area contributed by atoms with Crippen LogP contribution in [0, 0.1) is 71.0 Å². The predicted molar refractivity (Wildman–Crippen MR) is 178 cm³/mol. The first-order chi connectivity index (χ1) is 21.3. The fraction of sp³-hybridized carbons (Fsp3) is 1.00. The molecule has 0 aromatic carbocycles. The summed E-state index contributed by atoms with van der Waals surface area (Å²) >= 11 is 0. The summed E-state index contributed by atoms with van der Waals surface area (Å²) < 4.78 is 8.67. The molecule has 2 saturated heterocycles. The molecule has 2 heterocycles. The molecule has 9 fully saturated rings. The molecule has 0 radical (unpaired) electrons. The van der Waals surface area contributed by atoms with Gasteiger partial charge in [-0.25, -0.2) is 0 Å². The van der Waals surface area contributed by atoms with Crippen molar-refractivity contribution >= 4 is 0 Å². The van der Waals surface area contributed by atoms with Crippen LogP contribution in [0.3, 0.4) is 0 Å². The van der Waals surface area contributed by atoms with Crippen LogP contribution in [0.4, 0.5) is 0 Å². The molecule has 0 aromatic rings. The van der Waals surface area contributed by atoms with E-state index in [1.54, 1.807) is 89.9 Å². The molecule has 9 rings (SSSR count). The number of hydrogen-bond acceptors (Lipinski definition) is 1. The Bertz CT molecular complexity index is 872. The van der Waals surface area contributed by atoms with Crippen molar-refractivity contribution in [3.05, 3.63) is 0 Å². The van der Waals surface area contributed by atoms with E-state index in [0.717, 1.165) is 71.0 Å². The SMILES string of the molecule is C1CCC(C2C3CCCCC3C(C3CCCCC3)C3C2C2(C4CCCCC4)OC3(C3CCCCC3)C3CCCCC32)CC1. The standard InChI is InChI=1S/C42H68O/c1-5-17-29(18-6-1)37-33-25-13-14-26-34(33)38(30-19-7-2-8-20-30)40-39(37)41(31-21-9-3-10-22-31)35-27-15-16-28-36(35)42(40,43-41)32-23-11-4-12-24-32/h29-40H,1-28H2. The Labute approximate surface area is 266 Å². The van der Waals surface area contributed by atoms with E-state index in [4.69, 9.17) is 4.74 Å². The zero-order valence-corrected chi connectivity index (χ0v) is 28.1. The van der Waals surface area contributed by atoms with Gasteiger partial charge in [-0.3, -0.25) is 0 Å². The molecule has 10 atom stereocenters. The summed E-state index contributed by atoms with van der Waals surface area (Å²) in [6.45, 7) is 0. The van der Waals surface area contributed by atoms with Crippen LogP contribution in [0.15, 0.2) is 0 Å². The third kappa shape index (κ3) is 4.36. The molecule has 1 nitrogen and oxygen atoms in total. The van der Waals surface area contributed by atoms with Crippen LogP contribution in [0.1, 0.15) is 180 Å². The van der Waals surface area contributed by atoms with Gasteiger partial charge in [0.2, 0.25) is 0 Å². The average Bonchev–Trinajstić information content (AvgIpc) is 3.59. The van der Waals surface area contributed by atoms with E-state index in [1.165, 1.54) is 89.9 Å². The molecule has 2 aliphatic heterocycles. The molecule has 0 N–H and O–H groups in total. The highest BCUT2D eigenvalue weighted by Gasteiger charge is 2.82. The zero-order valence-electron chi connectivity index (χ0n) is 28.1. The second-order valence-corrected chi connectivity index (χ2v) is 18.6. The van der Waals surface area contributed by atoms with E-state index in [0.29, 0.717) is 0 Å². The molecule has 43 heavy (non-hydrogen) atoms. The molecule has 0 amide bonds. The maximum absolute atomic E-state index is 8.67. The van der Waals surface area contributed by atoms with E-state index in [-0.39, 0.29) is 11.2 Å². The van der Waals surface area contributed by atoms with Crippen LogP contribution in [-0.2, 0) is 4.74 Å². The lowest BCUT2D eigenvalue weighted by Gasteiger charge is -2.66. The predicted octanol–water partition coefficient (Wildman–Crippen LogP) is 11.9. The summed E-state index contributed by atoms with van der Waals surface area (Å²) in [4.78, 5) is 0. The Balaban J connectivity index is 1.26. The van der Waals surface area contributed by atoms with Gasteiger partial charge in [-0.15, -0.1) is 0 Å². The number of hydrogen-bond donors (Lipinski definition) is 0. The maximum Gasteiger partial charge on any atom is 0.0784 e. The van der Waals surface area contributed by atoms with Crippen LogP contribution in [0.2, 0.25) is 0 Å². The summed E-state index contributed by atoms with van der Waals surface area (Å²) in [5.74, 6) is 11.7. The molecule has 7 saturated carbocycles. The van der Waals surface area contributed by atoms with Crippen LogP contribution >= 0.6 is 0 Å². The lowest BCUT2D eigenvalue weighted by atomic mass is 9.36. The van der Waals surface area contributed by atoms with Gasteiger partial charge in [0, 0.05) is 0 Å². The van der Waals surface area contributed by atoms with Gasteiger partial charge in [-0.1, -0.05) is 128 Å². The van der Waals surface area contributed by atoms with Gasteiger partial charge < -0.3 is 4.74 Å². The molecule has 2 bridgehead atoms. The van der Waals surface area contributed by atoms with E-state index < -0.39 is 0 Å². The van der Waals surface area contributed by atoms with Crippen molar-refractivity contribution in [2.45, 2.75) is 191 Å². The number of rotatable bonds is 4. The second kappa shape index (κ2) is 11.9. The summed E-state index contributed by atoms with van der Waals surface area (Å²) in [5, 5.41) is 0. The first kappa shape index (κ1) is 29.1. The van der Waals surface area contributed by atoms with Crippen molar-refractivity contribution in [3.63, 3.8) is 0 Å². The first-order valence-electron chi connectivity index (χ1n) is 21.0. The summed E-state index contributed by atoms with van der Waals surface area (Å²) in [6.07, 6.45) is 43.1. The minimum Gasteiger partial charge on any atom is -0.367 e. The Morgan fingerprint density at radius 3 is 1.05 bits per heavy atom. The Morgan fingerprint density at radius 1 is 0.326 bits per heavy atom. The van der Waals surface area contributed by atoms with Gasteiger partial charge >= 0.3 is 0 Å². The molecule has 0 spiro atoms. The van der Waals surface area contributed by atoms with Gasteiger partial charge in [0.15, 0.2) is 0 Å². The summed E-state index contributed by atoms with van der Waals surface area (Å²) in [6, 6.07) is 0. The van der Waals surface area contributed by atoms with Gasteiger partial charge in [0.05, 0.1) is 11.2 Å². The molecular formula is C42H68O. The van der Waals surface area contributed by atoms with Crippen molar-refractivity contribution in [1.82, 2.24) is 0 Å². The lowest BCUT2D eigenvalue weighted by molar-refractivity contribution is -0.169. The second-order valence-electron chi connectivity index (χ2n) is 18.6. The van der Waals surface area contributed by atoms with Gasteiger partial charge in [-0.2, -0.15) is 0 Å². The molecule has 242 valence electrons. The van der Waals surface area contributed by atoms with Gasteiger partial charge in [0.1, 0.15) is 0 Å². The molecule has 0 aromatic heterocycles. The Hall–Kier alpha value is -0.0400. The summed E-state index contributed by atoms with van der Waals surface area (Å²) in [5.41, 5.74) is 0.538. The highest BCUT2D eigenvalue weighted by Crippen LogP contribution is 2.79. The monoisotopic (exact) mass is 589 g/mol. The van der Waals surface area contributed by atoms with E-state index >= 15 is 0 Å². The first-order valence-corrected chi connectivity index (χ1v) is 21.0. The molecule has 9 aliphatic rings. The minimum atomic E-state index is 0.269. The third-order valence-corrected chi connectivity index (χ3v) is 17.3. The topological polar surface area (TPSA) is 9.23 Å². The molecular weight excluding hydrogens is 520 g/mol. The Morgan fingerprint density at radius 2 is 0.651 bits per heavy atom. The molecule has 1 heteroatoms. The molecule has 10 unspecified atom stereocenters. The lowest BCUT2D eigenvalue weighted by Crippen LogP contribution is -2.67. The number of fused-ring (bicyclic) bond motifs is 9. The van der Waals surface area contributed by atoms with Gasteiger partial charge in [-0.05, 0) is 122 Å². The summed E-state index contributed by atoms with van der Waals surface area (Å²) in [7, 11) is 0. The Kier molecular flexibility index (Phi) is 8.05. The average molecular weight is 589 g/mol. The van der Waals surface area contributed by atoms with Crippen molar-refractivity contribution in [3.8, 4) is 0 Å². The minimum absolute atomic E-state index is 0.269.